The first-order valence-corrected chi connectivity index (χ1v) is 5.55. The predicted molar refractivity (Wildman–Crippen MR) is 56.6 cm³/mol. The molecule has 1 aromatic rings. The van der Waals surface area contributed by atoms with E-state index in [4.69, 9.17) is 4.74 Å². The summed E-state index contributed by atoms with van der Waals surface area (Å²) in [5, 5.41) is 14.3. The van der Waals surface area contributed by atoms with Crippen LogP contribution in [0.3, 0.4) is 0 Å². The molecule has 0 aliphatic carbocycles. The molecule has 1 aromatic heterocycles. The van der Waals surface area contributed by atoms with Crippen molar-refractivity contribution in [2.75, 3.05) is 19.8 Å². The Hall–Kier alpha value is -1.15. The van der Waals surface area contributed by atoms with E-state index in [1.54, 1.807) is 4.68 Å². The molecular weight excluding hydrogens is 232 g/mol. The number of alkyl halides is 2. The predicted octanol–water partition coefficient (Wildman–Crippen LogP) is 0.454. The van der Waals surface area contributed by atoms with Gasteiger partial charge in [-0.05, 0) is 23.4 Å². The number of ether oxygens (including phenoxy) is 1. The van der Waals surface area contributed by atoms with Crippen LogP contribution in [0.4, 0.5) is 8.78 Å². The van der Waals surface area contributed by atoms with Gasteiger partial charge >= 0.3 is 0 Å². The minimum absolute atomic E-state index is 0.177. The van der Waals surface area contributed by atoms with Crippen molar-refractivity contribution in [1.82, 2.24) is 25.5 Å². The zero-order valence-electron chi connectivity index (χ0n) is 9.77. The molecule has 0 aromatic carbocycles. The molecule has 0 fully saturated rings. The lowest BCUT2D eigenvalue weighted by molar-refractivity contribution is 0.0136. The first-order valence-electron chi connectivity index (χ1n) is 5.55. The monoisotopic (exact) mass is 249 g/mol. The Morgan fingerprint density at radius 3 is 3.00 bits per heavy atom. The van der Waals surface area contributed by atoms with Crippen molar-refractivity contribution in [3.63, 3.8) is 0 Å². The summed E-state index contributed by atoms with van der Waals surface area (Å²) in [5.41, 5.74) is 0. The average molecular weight is 249 g/mol. The van der Waals surface area contributed by atoms with Crippen molar-refractivity contribution in [3.05, 3.63) is 5.82 Å². The van der Waals surface area contributed by atoms with E-state index in [0.29, 0.717) is 18.9 Å². The fourth-order valence-corrected chi connectivity index (χ4v) is 1.22. The number of nitrogens with one attached hydrogen (secondary N) is 1. The van der Waals surface area contributed by atoms with Gasteiger partial charge in [0.2, 0.25) is 0 Å². The number of hydrogen-bond donors (Lipinski definition) is 1. The smallest absolute Gasteiger partial charge is 0.261 e. The summed E-state index contributed by atoms with van der Waals surface area (Å²) in [6, 6.07) is 0. The average Bonchev–Trinajstić information content (AvgIpc) is 2.72. The molecule has 1 rings (SSSR count). The van der Waals surface area contributed by atoms with Gasteiger partial charge in [-0.3, -0.25) is 0 Å². The summed E-state index contributed by atoms with van der Waals surface area (Å²) >= 11 is 0. The van der Waals surface area contributed by atoms with E-state index in [-0.39, 0.29) is 6.61 Å². The molecule has 1 heterocycles. The Morgan fingerprint density at radius 1 is 1.47 bits per heavy atom. The fraction of sp³-hybridized carbons (Fsp3) is 0.889. The topological polar surface area (TPSA) is 64.9 Å². The third-order valence-electron chi connectivity index (χ3n) is 2.01. The van der Waals surface area contributed by atoms with Crippen LogP contribution in [-0.4, -0.2) is 46.4 Å². The van der Waals surface area contributed by atoms with E-state index in [0.717, 1.165) is 13.0 Å². The molecule has 0 spiro atoms. The number of nitrogens with zero attached hydrogens (tertiary/aromatic N) is 4. The van der Waals surface area contributed by atoms with Gasteiger partial charge in [-0.25, -0.2) is 13.5 Å². The van der Waals surface area contributed by atoms with Gasteiger partial charge in [0, 0.05) is 0 Å². The first kappa shape index (κ1) is 13.9. The molecule has 0 amide bonds. The lowest BCUT2D eigenvalue weighted by atomic mass is 10.4. The highest BCUT2D eigenvalue weighted by atomic mass is 19.3. The summed E-state index contributed by atoms with van der Waals surface area (Å²) in [7, 11) is 0. The molecule has 0 saturated heterocycles. The lowest BCUT2D eigenvalue weighted by Gasteiger charge is -2.06. The standard InChI is InChI=1S/C9H17F2N5O/c1-2-3-12-6-9-13-14-15-16(9)4-5-17-7-8(10)11/h8,12H,2-7H2,1H3. The van der Waals surface area contributed by atoms with Gasteiger partial charge in [0.15, 0.2) is 5.82 Å². The van der Waals surface area contributed by atoms with Crippen molar-refractivity contribution >= 4 is 0 Å². The van der Waals surface area contributed by atoms with Gasteiger partial charge in [0.25, 0.3) is 6.43 Å². The lowest BCUT2D eigenvalue weighted by Crippen LogP contribution is -2.20. The molecule has 17 heavy (non-hydrogen) atoms. The molecular formula is C9H17F2N5O. The van der Waals surface area contributed by atoms with E-state index >= 15 is 0 Å². The number of hydrogen-bond acceptors (Lipinski definition) is 5. The van der Waals surface area contributed by atoms with Crippen molar-refractivity contribution in [1.29, 1.82) is 0 Å². The Balaban J connectivity index is 2.25. The first-order chi connectivity index (χ1) is 8.24. The van der Waals surface area contributed by atoms with Crippen LogP contribution in [0.1, 0.15) is 19.2 Å². The fourth-order valence-electron chi connectivity index (χ4n) is 1.22. The third kappa shape index (κ3) is 5.64. The van der Waals surface area contributed by atoms with E-state index < -0.39 is 13.0 Å². The van der Waals surface area contributed by atoms with Crippen molar-refractivity contribution in [3.8, 4) is 0 Å². The third-order valence-corrected chi connectivity index (χ3v) is 2.01. The maximum atomic E-state index is 11.8. The minimum atomic E-state index is -2.44. The highest BCUT2D eigenvalue weighted by molar-refractivity contribution is 4.79. The van der Waals surface area contributed by atoms with E-state index in [2.05, 4.69) is 27.8 Å². The highest BCUT2D eigenvalue weighted by Gasteiger charge is 2.06. The Bertz CT molecular complexity index is 307. The molecule has 98 valence electrons. The summed E-state index contributed by atoms with van der Waals surface area (Å²) in [6.07, 6.45) is -1.41. The van der Waals surface area contributed by atoms with Crippen molar-refractivity contribution in [2.24, 2.45) is 0 Å². The van der Waals surface area contributed by atoms with Crippen LogP contribution in [-0.2, 0) is 17.8 Å². The Labute approximate surface area is 98.3 Å². The van der Waals surface area contributed by atoms with Crippen LogP contribution in [0, 0.1) is 0 Å². The van der Waals surface area contributed by atoms with E-state index in [1.165, 1.54) is 0 Å². The van der Waals surface area contributed by atoms with E-state index in [1.807, 2.05) is 0 Å². The van der Waals surface area contributed by atoms with Crippen molar-refractivity contribution in [2.45, 2.75) is 32.9 Å². The Morgan fingerprint density at radius 2 is 2.29 bits per heavy atom. The number of aromatic nitrogens is 4. The van der Waals surface area contributed by atoms with Gasteiger partial charge in [-0.2, -0.15) is 0 Å². The largest absolute Gasteiger partial charge is 0.374 e. The number of halogens is 2. The summed E-state index contributed by atoms with van der Waals surface area (Å²) < 4.78 is 29.9. The number of tetrazole rings is 1. The van der Waals surface area contributed by atoms with Crippen LogP contribution in [0.5, 0.6) is 0 Å². The molecule has 0 bridgehead atoms. The van der Waals surface area contributed by atoms with Crippen LogP contribution in [0.2, 0.25) is 0 Å². The molecule has 0 atom stereocenters. The number of rotatable bonds is 9. The molecule has 0 unspecified atom stereocenters. The second-order valence-corrected chi connectivity index (χ2v) is 3.46. The summed E-state index contributed by atoms with van der Waals surface area (Å²) in [4.78, 5) is 0. The van der Waals surface area contributed by atoms with E-state index in [9.17, 15) is 8.78 Å². The second-order valence-electron chi connectivity index (χ2n) is 3.46. The highest BCUT2D eigenvalue weighted by Crippen LogP contribution is 1.95. The zero-order chi connectivity index (χ0) is 12.5. The maximum absolute atomic E-state index is 11.8. The molecule has 8 heteroatoms. The normalized spacial score (nSPS) is 11.3. The molecule has 1 N–H and O–H groups in total. The van der Waals surface area contributed by atoms with Gasteiger partial charge in [-0.15, -0.1) is 5.10 Å². The van der Waals surface area contributed by atoms with Crippen LogP contribution in [0.25, 0.3) is 0 Å². The van der Waals surface area contributed by atoms with Gasteiger partial charge < -0.3 is 10.1 Å². The van der Waals surface area contributed by atoms with Crippen molar-refractivity contribution < 1.29 is 13.5 Å². The molecule has 0 aliphatic heterocycles. The SMILES string of the molecule is CCCNCc1nnnn1CCOCC(F)F. The molecule has 6 nitrogen and oxygen atoms in total. The molecule has 0 radical (unpaired) electrons. The van der Waals surface area contributed by atoms with Gasteiger partial charge in [-0.1, -0.05) is 6.92 Å². The van der Waals surface area contributed by atoms with Gasteiger partial charge in [0.1, 0.15) is 6.61 Å². The Kier molecular flexibility index (Phi) is 6.56. The summed E-state index contributed by atoms with van der Waals surface area (Å²) in [5.74, 6) is 0.680. The van der Waals surface area contributed by atoms with Crippen LogP contribution < -0.4 is 5.32 Å². The minimum Gasteiger partial charge on any atom is -0.374 e. The molecule has 0 aliphatic rings. The quantitative estimate of drug-likeness (QED) is 0.644. The summed E-state index contributed by atoms with van der Waals surface area (Å²) in [6.45, 7) is 3.52. The van der Waals surface area contributed by atoms with Crippen LogP contribution >= 0.6 is 0 Å². The van der Waals surface area contributed by atoms with Crippen LogP contribution in [0.15, 0.2) is 0 Å². The van der Waals surface area contributed by atoms with Gasteiger partial charge in [0.05, 0.1) is 19.7 Å². The zero-order valence-corrected chi connectivity index (χ0v) is 9.77. The maximum Gasteiger partial charge on any atom is 0.261 e. The second kappa shape index (κ2) is 8.02. The molecule has 0 saturated carbocycles.